The van der Waals surface area contributed by atoms with Crippen LogP contribution >= 0.6 is 0 Å². The van der Waals surface area contributed by atoms with Gasteiger partial charge in [-0.25, -0.2) is 10.2 Å². The minimum atomic E-state index is -0.611. The number of aryl methyl sites for hydroxylation is 1. The highest BCUT2D eigenvalue weighted by molar-refractivity contribution is 5.86. The van der Waals surface area contributed by atoms with Gasteiger partial charge in [0.05, 0.1) is 0 Å². The summed E-state index contributed by atoms with van der Waals surface area (Å²) in [6.45, 7) is 1.94. The molecule has 0 saturated heterocycles. The van der Waals surface area contributed by atoms with Crippen molar-refractivity contribution in [3.8, 4) is 0 Å². The van der Waals surface area contributed by atoms with Gasteiger partial charge in [-0.3, -0.25) is 0 Å². The van der Waals surface area contributed by atoms with Crippen LogP contribution in [-0.4, -0.2) is 11.7 Å². The van der Waals surface area contributed by atoms with Gasteiger partial charge in [-0.05, 0) is 37.3 Å². The molecular weight excluding hydrogens is 214 g/mol. The molecule has 17 heavy (non-hydrogen) atoms. The summed E-state index contributed by atoms with van der Waals surface area (Å²) in [5.41, 5.74) is 11.0. The molecule has 0 bridgehead atoms. The quantitative estimate of drug-likeness (QED) is 0.592. The highest BCUT2D eigenvalue weighted by Crippen LogP contribution is 2.26. The minimum absolute atomic E-state index is 0.400. The van der Waals surface area contributed by atoms with E-state index in [0.29, 0.717) is 5.92 Å². The molecule has 0 fully saturated rings. The van der Waals surface area contributed by atoms with Crippen LogP contribution in [0, 0.1) is 5.92 Å². The second kappa shape index (κ2) is 4.99. The molecule has 4 heteroatoms. The van der Waals surface area contributed by atoms with Crippen molar-refractivity contribution >= 4 is 11.7 Å². The van der Waals surface area contributed by atoms with Crippen LogP contribution in [0.1, 0.15) is 24.5 Å². The Hall–Kier alpha value is -1.84. The summed E-state index contributed by atoms with van der Waals surface area (Å²) in [6, 6.07) is 7.88. The summed E-state index contributed by atoms with van der Waals surface area (Å²) in [4.78, 5) is 10.6. The number of rotatable bonds is 2. The van der Waals surface area contributed by atoms with Gasteiger partial charge in [0.2, 0.25) is 0 Å². The first kappa shape index (κ1) is 11.6. The Morgan fingerprint density at radius 2 is 2.12 bits per heavy atom. The topological polar surface area (TPSA) is 67.5 Å². The maximum atomic E-state index is 10.6. The fourth-order valence-corrected chi connectivity index (χ4v) is 2.29. The lowest BCUT2D eigenvalue weighted by Gasteiger charge is -2.24. The van der Waals surface area contributed by atoms with Crippen LogP contribution in [0.2, 0.25) is 0 Å². The molecule has 0 spiro atoms. The standard InChI is InChI=1S/C13H17N3O/c1-9(15-16-13(14)17)11-7-6-10-4-2-3-5-12(10)8-11/h2-5,11H,6-8H2,1H3,(H3,14,16,17)/b15-9+. The Kier molecular flexibility index (Phi) is 3.42. The Labute approximate surface area is 101 Å². The van der Waals surface area contributed by atoms with Crippen LogP contribution in [0.5, 0.6) is 0 Å². The zero-order valence-corrected chi connectivity index (χ0v) is 9.94. The fraction of sp³-hybridized carbons (Fsp3) is 0.385. The lowest BCUT2D eigenvalue weighted by Crippen LogP contribution is -2.28. The maximum absolute atomic E-state index is 10.6. The average molecular weight is 231 g/mol. The molecule has 4 nitrogen and oxygen atoms in total. The van der Waals surface area contributed by atoms with Crippen LogP contribution in [0.15, 0.2) is 29.4 Å². The van der Waals surface area contributed by atoms with Crippen molar-refractivity contribution in [2.75, 3.05) is 0 Å². The molecule has 1 aromatic carbocycles. The van der Waals surface area contributed by atoms with Crippen molar-refractivity contribution in [3.63, 3.8) is 0 Å². The van der Waals surface area contributed by atoms with Crippen molar-refractivity contribution in [2.45, 2.75) is 26.2 Å². The van der Waals surface area contributed by atoms with Crippen molar-refractivity contribution in [2.24, 2.45) is 16.8 Å². The summed E-state index contributed by atoms with van der Waals surface area (Å²) >= 11 is 0. The molecule has 0 aromatic heterocycles. The number of hydrazone groups is 1. The van der Waals surface area contributed by atoms with Gasteiger partial charge in [0, 0.05) is 11.6 Å². The van der Waals surface area contributed by atoms with Crippen LogP contribution in [-0.2, 0) is 12.8 Å². The van der Waals surface area contributed by atoms with E-state index in [9.17, 15) is 4.79 Å². The molecule has 1 unspecified atom stereocenters. The second-order valence-corrected chi connectivity index (χ2v) is 4.44. The number of benzene rings is 1. The number of primary amides is 1. The number of nitrogens with two attached hydrogens (primary N) is 1. The Morgan fingerprint density at radius 1 is 1.41 bits per heavy atom. The van der Waals surface area contributed by atoms with Crippen molar-refractivity contribution < 1.29 is 4.79 Å². The maximum Gasteiger partial charge on any atom is 0.332 e. The number of carbonyl (C=O) groups excluding carboxylic acids is 1. The number of nitrogens with one attached hydrogen (secondary N) is 1. The van der Waals surface area contributed by atoms with Gasteiger partial charge in [0.15, 0.2) is 0 Å². The molecule has 2 rings (SSSR count). The third-order valence-electron chi connectivity index (χ3n) is 3.28. The number of nitrogens with zero attached hydrogens (tertiary/aromatic N) is 1. The summed E-state index contributed by atoms with van der Waals surface area (Å²) in [5.74, 6) is 0.400. The van der Waals surface area contributed by atoms with E-state index in [4.69, 9.17) is 5.73 Å². The van der Waals surface area contributed by atoms with E-state index in [-0.39, 0.29) is 0 Å². The number of urea groups is 1. The molecule has 1 atom stereocenters. The molecule has 1 aliphatic carbocycles. The average Bonchev–Trinajstić information content (AvgIpc) is 2.35. The first-order valence-corrected chi connectivity index (χ1v) is 5.83. The zero-order valence-electron chi connectivity index (χ0n) is 9.94. The van der Waals surface area contributed by atoms with E-state index >= 15 is 0 Å². The van der Waals surface area contributed by atoms with E-state index < -0.39 is 6.03 Å². The number of hydrogen-bond donors (Lipinski definition) is 2. The molecule has 0 saturated carbocycles. The molecular formula is C13H17N3O. The van der Waals surface area contributed by atoms with Gasteiger partial charge in [0.1, 0.15) is 0 Å². The third-order valence-corrected chi connectivity index (χ3v) is 3.28. The van der Waals surface area contributed by atoms with Gasteiger partial charge in [0.25, 0.3) is 0 Å². The van der Waals surface area contributed by atoms with Gasteiger partial charge < -0.3 is 5.73 Å². The van der Waals surface area contributed by atoms with Crippen LogP contribution in [0.25, 0.3) is 0 Å². The predicted molar refractivity (Wildman–Crippen MR) is 67.8 cm³/mol. The largest absolute Gasteiger partial charge is 0.350 e. The zero-order chi connectivity index (χ0) is 12.3. The van der Waals surface area contributed by atoms with Crippen molar-refractivity contribution in [3.05, 3.63) is 35.4 Å². The molecule has 3 N–H and O–H groups in total. The normalized spacial score (nSPS) is 19.6. The third kappa shape index (κ3) is 2.84. The molecule has 0 heterocycles. The lowest BCUT2D eigenvalue weighted by atomic mass is 9.82. The smallest absolute Gasteiger partial charge is 0.332 e. The van der Waals surface area contributed by atoms with Gasteiger partial charge >= 0.3 is 6.03 Å². The predicted octanol–water partition coefficient (Wildman–Crippen LogP) is 1.84. The van der Waals surface area contributed by atoms with Crippen LogP contribution < -0.4 is 11.2 Å². The Balaban J connectivity index is 2.07. The van der Waals surface area contributed by atoms with Gasteiger partial charge in [-0.2, -0.15) is 5.10 Å². The Bertz CT molecular complexity index is 454. The van der Waals surface area contributed by atoms with E-state index in [0.717, 1.165) is 25.0 Å². The van der Waals surface area contributed by atoms with Gasteiger partial charge in [-0.15, -0.1) is 0 Å². The van der Waals surface area contributed by atoms with E-state index in [2.05, 4.69) is 34.8 Å². The summed E-state index contributed by atoms with van der Waals surface area (Å²) in [7, 11) is 0. The molecule has 90 valence electrons. The Morgan fingerprint density at radius 3 is 2.82 bits per heavy atom. The monoisotopic (exact) mass is 231 g/mol. The van der Waals surface area contributed by atoms with E-state index in [1.165, 1.54) is 11.1 Å². The summed E-state index contributed by atoms with van der Waals surface area (Å²) in [5, 5.41) is 4.01. The lowest BCUT2D eigenvalue weighted by molar-refractivity contribution is 0.249. The van der Waals surface area contributed by atoms with Crippen LogP contribution in [0.3, 0.4) is 0 Å². The van der Waals surface area contributed by atoms with Crippen molar-refractivity contribution in [1.29, 1.82) is 0 Å². The number of amides is 2. The highest BCUT2D eigenvalue weighted by Gasteiger charge is 2.20. The fourth-order valence-electron chi connectivity index (χ4n) is 2.29. The number of fused-ring (bicyclic) bond motifs is 1. The first-order chi connectivity index (χ1) is 8.16. The summed E-state index contributed by atoms with van der Waals surface area (Å²) in [6.07, 6.45) is 3.14. The van der Waals surface area contributed by atoms with E-state index in [1.54, 1.807) is 0 Å². The molecule has 0 radical (unpaired) electrons. The second-order valence-electron chi connectivity index (χ2n) is 4.44. The first-order valence-electron chi connectivity index (χ1n) is 5.83. The molecule has 2 amide bonds. The SMILES string of the molecule is C/C(=N\NC(N)=O)C1CCc2ccccc2C1. The minimum Gasteiger partial charge on any atom is -0.350 e. The summed E-state index contributed by atoms with van der Waals surface area (Å²) < 4.78 is 0. The molecule has 1 aromatic rings. The van der Waals surface area contributed by atoms with Crippen LogP contribution in [0.4, 0.5) is 4.79 Å². The van der Waals surface area contributed by atoms with Crippen molar-refractivity contribution in [1.82, 2.24) is 5.43 Å². The van der Waals surface area contributed by atoms with E-state index in [1.807, 2.05) is 6.92 Å². The highest BCUT2D eigenvalue weighted by atomic mass is 16.2. The number of carbonyl (C=O) groups is 1. The molecule has 1 aliphatic rings. The van der Waals surface area contributed by atoms with Gasteiger partial charge in [-0.1, -0.05) is 24.3 Å². The number of hydrogen-bond acceptors (Lipinski definition) is 2. The molecule has 0 aliphatic heterocycles.